The first kappa shape index (κ1) is 56.4. The Labute approximate surface area is 365 Å². The quantitative estimate of drug-likeness (QED) is 0.0263. The van der Waals surface area contributed by atoms with Crippen molar-refractivity contribution in [1.29, 1.82) is 0 Å². The van der Waals surface area contributed by atoms with Gasteiger partial charge in [0.15, 0.2) is 6.10 Å². The Balaban J connectivity index is 4.36. The minimum Gasteiger partial charge on any atom is -0.462 e. The zero-order valence-electron chi connectivity index (χ0n) is 39.0. The summed E-state index contributed by atoms with van der Waals surface area (Å²) in [5.74, 6) is -0.893. The minimum absolute atomic E-state index is 0.0777. The molecule has 0 bridgehead atoms. The van der Waals surface area contributed by atoms with Crippen molar-refractivity contribution in [2.24, 2.45) is 0 Å². The van der Waals surface area contributed by atoms with Crippen LogP contribution in [0.1, 0.15) is 252 Å². The molecule has 0 saturated heterocycles. The highest BCUT2D eigenvalue weighted by molar-refractivity contribution is 5.71. The Morgan fingerprint density at radius 1 is 0.356 bits per heavy atom. The Morgan fingerprint density at radius 2 is 0.661 bits per heavy atom. The third kappa shape index (κ3) is 46.3. The molecule has 0 aliphatic heterocycles. The first-order chi connectivity index (χ1) is 29.0. The van der Waals surface area contributed by atoms with E-state index in [4.69, 9.17) is 14.2 Å². The van der Waals surface area contributed by atoms with E-state index in [1.165, 1.54) is 116 Å². The topological polar surface area (TPSA) is 78.9 Å². The van der Waals surface area contributed by atoms with E-state index in [0.29, 0.717) is 19.3 Å². The smallest absolute Gasteiger partial charge is 0.306 e. The van der Waals surface area contributed by atoms with Crippen molar-refractivity contribution in [3.63, 3.8) is 0 Å². The molecule has 0 amide bonds. The summed E-state index contributed by atoms with van der Waals surface area (Å²) in [6.07, 6.45) is 56.6. The highest BCUT2D eigenvalue weighted by Gasteiger charge is 2.19. The number of allylic oxidation sites excluding steroid dienone is 8. The fourth-order valence-corrected chi connectivity index (χ4v) is 7.04. The predicted octanol–water partition coefficient (Wildman–Crippen LogP) is 16.3. The molecule has 0 saturated carbocycles. The molecule has 1 unspecified atom stereocenters. The number of rotatable bonds is 45. The molecule has 59 heavy (non-hydrogen) atoms. The first-order valence-electron chi connectivity index (χ1n) is 25.1. The van der Waals surface area contributed by atoms with Crippen LogP contribution in [0, 0.1) is 0 Å². The van der Waals surface area contributed by atoms with E-state index >= 15 is 0 Å². The summed E-state index contributed by atoms with van der Waals surface area (Å²) in [5, 5.41) is 0. The van der Waals surface area contributed by atoms with Crippen LogP contribution in [0.2, 0.25) is 0 Å². The van der Waals surface area contributed by atoms with Crippen LogP contribution in [0.3, 0.4) is 0 Å². The molecule has 6 nitrogen and oxygen atoms in total. The van der Waals surface area contributed by atoms with Gasteiger partial charge in [-0.25, -0.2) is 0 Å². The Bertz CT molecular complexity index is 1040. The second kappa shape index (κ2) is 48.0. The number of unbranched alkanes of at least 4 members (excludes halogenated alkanes) is 26. The zero-order chi connectivity index (χ0) is 43.0. The summed E-state index contributed by atoms with van der Waals surface area (Å²) < 4.78 is 16.8. The standard InChI is InChI=1S/C53H94O6/c1-4-7-10-13-16-19-22-24-26-27-28-30-31-34-37-40-43-46-52(55)58-49-50(48-57-51(54)45-42-39-36-33-21-18-15-12-9-6-3)59-53(56)47-44-41-38-35-32-29-25-23-20-17-14-11-8-5-2/h7,10,16,19,23-26,50H,4-6,8-9,11-15,17-18,20-22,27-49H2,1-3H3/b10-7-,19-16-,25-23-,26-24-. The van der Waals surface area contributed by atoms with Gasteiger partial charge >= 0.3 is 17.9 Å². The van der Waals surface area contributed by atoms with Gasteiger partial charge in [-0.2, -0.15) is 0 Å². The Morgan fingerprint density at radius 3 is 1.05 bits per heavy atom. The van der Waals surface area contributed by atoms with Crippen molar-refractivity contribution in [2.45, 2.75) is 258 Å². The third-order valence-electron chi connectivity index (χ3n) is 10.8. The summed E-state index contributed by atoms with van der Waals surface area (Å²) >= 11 is 0. The maximum atomic E-state index is 12.8. The predicted molar refractivity (Wildman–Crippen MR) is 252 cm³/mol. The summed E-state index contributed by atoms with van der Waals surface area (Å²) in [7, 11) is 0. The SMILES string of the molecule is CC/C=C\C/C=C\C/C=C\CCCCCCCCCC(=O)OCC(COC(=O)CCCCCCCCCCCC)OC(=O)CCCCCCC/C=C\CCCCCCC. The Hall–Kier alpha value is -2.63. The van der Waals surface area contributed by atoms with Gasteiger partial charge in [0, 0.05) is 19.3 Å². The van der Waals surface area contributed by atoms with Crippen molar-refractivity contribution in [3.05, 3.63) is 48.6 Å². The molecule has 0 rings (SSSR count). The van der Waals surface area contributed by atoms with E-state index < -0.39 is 6.10 Å². The lowest BCUT2D eigenvalue weighted by atomic mass is 10.1. The van der Waals surface area contributed by atoms with E-state index in [1.807, 2.05) is 0 Å². The number of hydrogen-bond acceptors (Lipinski definition) is 6. The molecule has 0 aromatic carbocycles. The molecular weight excluding hydrogens is 733 g/mol. The second-order valence-electron chi connectivity index (χ2n) is 16.7. The van der Waals surface area contributed by atoms with Crippen molar-refractivity contribution in [1.82, 2.24) is 0 Å². The van der Waals surface area contributed by atoms with Crippen molar-refractivity contribution >= 4 is 17.9 Å². The van der Waals surface area contributed by atoms with Gasteiger partial charge < -0.3 is 14.2 Å². The maximum Gasteiger partial charge on any atom is 0.306 e. The van der Waals surface area contributed by atoms with Crippen molar-refractivity contribution < 1.29 is 28.6 Å². The highest BCUT2D eigenvalue weighted by Crippen LogP contribution is 2.14. The lowest BCUT2D eigenvalue weighted by Gasteiger charge is -2.18. The first-order valence-corrected chi connectivity index (χ1v) is 25.1. The second-order valence-corrected chi connectivity index (χ2v) is 16.7. The van der Waals surface area contributed by atoms with Gasteiger partial charge in [0.05, 0.1) is 0 Å². The van der Waals surface area contributed by atoms with Crippen LogP contribution < -0.4 is 0 Å². The normalized spacial score (nSPS) is 12.4. The largest absolute Gasteiger partial charge is 0.462 e. The van der Waals surface area contributed by atoms with Crippen LogP contribution in [0.5, 0.6) is 0 Å². The molecule has 0 aliphatic rings. The zero-order valence-corrected chi connectivity index (χ0v) is 39.0. The lowest BCUT2D eigenvalue weighted by molar-refractivity contribution is -0.167. The summed E-state index contributed by atoms with van der Waals surface area (Å²) in [6, 6.07) is 0. The van der Waals surface area contributed by atoms with Crippen LogP contribution >= 0.6 is 0 Å². The monoisotopic (exact) mass is 827 g/mol. The fraction of sp³-hybridized carbons (Fsp3) is 0.792. The number of hydrogen-bond donors (Lipinski definition) is 0. The molecule has 342 valence electrons. The fourth-order valence-electron chi connectivity index (χ4n) is 7.04. The molecule has 0 heterocycles. The molecular formula is C53H94O6. The average molecular weight is 827 g/mol. The van der Waals surface area contributed by atoms with E-state index in [0.717, 1.165) is 96.3 Å². The molecule has 0 fully saturated rings. The molecule has 6 heteroatoms. The average Bonchev–Trinajstić information content (AvgIpc) is 3.23. The Kier molecular flexibility index (Phi) is 45.9. The number of carbonyl (C=O) groups excluding carboxylic acids is 3. The maximum absolute atomic E-state index is 12.8. The van der Waals surface area contributed by atoms with E-state index in [1.54, 1.807) is 0 Å². The van der Waals surface area contributed by atoms with Crippen LogP contribution in [-0.2, 0) is 28.6 Å². The molecule has 1 atom stereocenters. The van der Waals surface area contributed by atoms with E-state index in [9.17, 15) is 14.4 Å². The summed E-state index contributed by atoms with van der Waals surface area (Å²) in [6.45, 7) is 6.50. The van der Waals surface area contributed by atoms with Gasteiger partial charge in [-0.3, -0.25) is 14.4 Å². The van der Waals surface area contributed by atoms with Gasteiger partial charge in [-0.1, -0.05) is 204 Å². The van der Waals surface area contributed by atoms with E-state index in [2.05, 4.69) is 69.4 Å². The molecule has 0 N–H and O–H groups in total. The van der Waals surface area contributed by atoms with Gasteiger partial charge in [0.25, 0.3) is 0 Å². The van der Waals surface area contributed by atoms with Crippen molar-refractivity contribution in [3.8, 4) is 0 Å². The van der Waals surface area contributed by atoms with Gasteiger partial charge in [0.1, 0.15) is 13.2 Å². The van der Waals surface area contributed by atoms with Crippen LogP contribution in [-0.4, -0.2) is 37.2 Å². The molecule has 0 aliphatic carbocycles. The van der Waals surface area contributed by atoms with Crippen LogP contribution in [0.4, 0.5) is 0 Å². The number of esters is 3. The molecule has 0 aromatic rings. The van der Waals surface area contributed by atoms with Gasteiger partial charge in [0.2, 0.25) is 0 Å². The van der Waals surface area contributed by atoms with Crippen molar-refractivity contribution in [2.75, 3.05) is 13.2 Å². The minimum atomic E-state index is -0.777. The van der Waals surface area contributed by atoms with Gasteiger partial charge in [-0.15, -0.1) is 0 Å². The molecule has 0 spiro atoms. The summed E-state index contributed by atoms with van der Waals surface area (Å²) in [5.41, 5.74) is 0. The lowest BCUT2D eigenvalue weighted by Crippen LogP contribution is -2.30. The van der Waals surface area contributed by atoms with E-state index in [-0.39, 0.29) is 31.1 Å². The van der Waals surface area contributed by atoms with Crippen LogP contribution in [0.25, 0.3) is 0 Å². The van der Waals surface area contributed by atoms with Gasteiger partial charge in [-0.05, 0) is 77.0 Å². The number of ether oxygens (including phenoxy) is 3. The number of carbonyl (C=O) groups is 3. The van der Waals surface area contributed by atoms with Crippen LogP contribution in [0.15, 0.2) is 48.6 Å². The molecule has 0 radical (unpaired) electrons. The molecule has 0 aromatic heterocycles. The highest BCUT2D eigenvalue weighted by atomic mass is 16.6. The summed E-state index contributed by atoms with van der Waals surface area (Å²) in [4.78, 5) is 37.9. The third-order valence-corrected chi connectivity index (χ3v) is 10.8.